The Morgan fingerprint density at radius 1 is 0.958 bits per heavy atom. The van der Waals surface area contributed by atoms with Gasteiger partial charge in [0.05, 0.1) is 18.8 Å². The van der Waals surface area contributed by atoms with Crippen LogP contribution in [0.5, 0.6) is 0 Å². The molecule has 2 aliphatic rings. The quantitative estimate of drug-likeness (QED) is 0.613. The largest absolute Gasteiger partial charge is 0.553 e. The minimum Gasteiger partial charge on any atom is -0.553 e. The van der Waals surface area contributed by atoms with Gasteiger partial charge in [0, 0.05) is 38.8 Å². The Kier molecular flexibility index (Phi) is 10.5. The van der Waals surface area contributed by atoms with Crippen molar-refractivity contribution in [2.75, 3.05) is 6.61 Å². The van der Waals surface area contributed by atoms with Crippen LogP contribution in [0.15, 0.2) is 0 Å². The van der Waals surface area contributed by atoms with Crippen molar-refractivity contribution in [3.05, 3.63) is 7.11 Å². The number of hydrogen-bond donors (Lipinski definition) is 1. The molecule has 0 aromatic carbocycles. The van der Waals surface area contributed by atoms with Crippen LogP contribution in [-0.2, 0) is 42.2 Å². The molecule has 2 fully saturated rings. The van der Waals surface area contributed by atoms with E-state index in [9.17, 15) is 5.11 Å². The van der Waals surface area contributed by atoms with E-state index in [0.29, 0.717) is 24.2 Å². The van der Waals surface area contributed by atoms with Crippen molar-refractivity contribution < 1.29 is 47.3 Å². The Labute approximate surface area is 174 Å². The topological polar surface area (TPSA) is 38.7 Å². The molecule has 0 bridgehead atoms. The predicted molar refractivity (Wildman–Crippen MR) is 94.0 cm³/mol. The zero-order chi connectivity index (χ0) is 16.9. The molecule has 1 unspecified atom stereocenters. The van der Waals surface area contributed by atoms with Crippen molar-refractivity contribution in [2.45, 2.75) is 96.9 Å². The van der Waals surface area contributed by atoms with E-state index in [-0.39, 0.29) is 38.8 Å². The molecule has 2 rings (SSSR count). The fraction of sp³-hybridized carbons (Fsp3) is 0.950. The second-order valence-electron chi connectivity index (χ2n) is 8.33. The normalized spacial score (nSPS) is 32.9. The van der Waals surface area contributed by atoms with E-state index < -0.39 is 0 Å². The average Bonchev–Trinajstić information content (AvgIpc) is 2.60. The number of ether oxygens (including phenoxy) is 2. The SMILES string of the molecule is [CH2-]OC1CCC(C(C)(C)C2CCC(OCC(O)CC)CC2)CC1.[Y]. The Hall–Kier alpha value is 0.984. The number of rotatable bonds is 7. The van der Waals surface area contributed by atoms with Crippen molar-refractivity contribution >= 4 is 0 Å². The van der Waals surface area contributed by atoms with Gasteiger partial charge >= 0.3 is 0 Å². The molecule has 4 heteroatoms. The molecule has 0 aliphatic heterocycles. The summed E-state index contributed by atoms with van der Waals surface area (Å²) in [7, 11) is 3.60. The van der Waals surface area contributed by atoms with Crippen LogP contribution in [0.1, 0.15) is 78.6 Å². The first-order chi connectivity index (χ1) is 11.0. The number of aliphatic hydroxyl groups is 1. The Morgan fingerprint density at radius 3 is 1.83 bits per heavy atom. The zero-order valence-electron chi connectivity index (χ0n) is 16.0. The van der Waals surface area contributed by atoms with Crippen molar-refractivity contribution in [3.63, 3.8) is 0 Å². The van der Waals surface area contributed by atoms with Crippen LogP contribution in [0.3, 0.4) is 0 Å². The van der Waals surface area contributed by atoms with Crippen LogP contribution in [0.4, 0.5) is 0 Å². The zero-order valence-corrected chi connectivity index (χ0v) is 18.8. The van der Waals surface area contributed by atoms with Gasteiger partial charge in [-0.1, -0.05) is 20.8 Å². The Morgan fingerprint density at radius 2 is 1.42 bits per heavy atom. The van der Waals surface area contributed by atoms with Crippen LogP contribution in [-0.4, -0.2) is 30.0 Å². The third kappa shape index (κ3) is 6.30. The Bertz CT molecular complexity index is 332. The molecule has 2 aliphatic carbocycles. The van der Waals surface area contributed by atoms with Gasteiger partial charge in [0.15, 0.2) is 0 Å². The number of aliphatic hydroxyl groups excluding tert-OH is 1. The van der Waals surface area contributed by atoms with Gasteiger partial charge in [-0.3, -0.25) is 0 Å². The first-order valence-electron chi connectivity index (χ1n) is 9.67. The standard InChI is InChI=1S/C20H37O3.Y/c1-5-17(21)14-23-19-12-8-16(9-13-19)20(2,3)15-6-10-18(22-4)11-7-15;/h15-19,21H,4-14H2,1-3H3;/q-1;. The third-order valence-corrected chi connectivity index (χ3v) is 6.68. The molecule has 1 atom stereocenters. The van der Waals surface area contributed by atoms with E-state index in [4.69, 9.17) is 9.47 Å². The summed E-state index contributed by atoms with van der Waals surface area (Å²) in [4.78, 5) is 0. The molecular formula is C20H37O3Y-. The average molecular weight is 414 g/mol. The maximum atomic E-state index is 9.64. The van der Waals surface area contributed by atoms with E-state index >= 15 is 0 Å². The van der Waals surface area contributed by atoms with Crippen molar-refractivity contribution in [1.82, 2.24) is 0 Å². The van der Waals surface area contributed by atoms with Gasteiger partial charge in [-0.05, 0) is 75.0 Å². The van der Waals surface area contributed by atoms with Crippen molar-refractivity contribution in [2.24, 2.45) is 17.3 Å². The number of hydrogen-bond acceptors (Lipinski definition) is 3. The Balaban J connectivity index is 0.00000288. The summed E-state index contributed by atoms with van der Waals surface area (Å²) < 4.78 is 11.2. The summed E-state index contributed by atoms with van der Waals surface area (Å²) in [6.07, 6.45) is 11.0. The molecule has 1 N–H and O–H groups in total. The van der Waals surface area contributed by atoms with Gasteiger partial charge in [-0.25, -0.2) is 7.11 Å². The summed E-state index contributed by atoms with van der Waals surface area (Å²) >= 11 is 0. The van der Waals surface area contributed by atoms with Gasteiger partial charge in [0.25, 0.3) is 0 Å². The minimum absolute atomic E-state index is 0. The molecule has 0 spiro atoms. The second-order valence-corrected chi connectivity index (χ2v) is 8.33. The summed E-state index contributed by atoms with van der Waals surface area (Å²) in [5, 5.41) is 9.64. The summed E-state index contributed by atoms with van der Waals surface area (Å²) in [5.74, 6) is 1.62. The molecule has 1 radical (unpaired) electrons. The molecule has 0 aromatic heterocycles. The minimum atomic E-state index is -0.297. The van der Waals surface area contributed by atoms with Gasteiger partial charge < -0.3 is 14.6 Å². The summed E-state index contributed by atoms with van der Waals surface area (Å²) in [6, 6.07) is 0. The molecule has 0 heterocycles. The second kappa shape index (κ2) is 11.0. The molecule has 139 valence electrons. The summed E-state index contributed by atoms with van der Waals surface area (Å²) in [5.41, 5.74) is 0.417. The van der Waals surface area contributed by atoms with E-state index in [1.807, 2.05) is 6.92 Å². The van der Waals surface area contributed by atoms with Crippen LogP contribution < -0.4 is 0 Å². The molecule has 3 nitrogen and oxygen atoms in total. The molecule has 24 heavy (non-hydrogen) atoms. The molecule has 0 aromatic rings. The molecule has 2 saturated carbocycles. The van der Waals surface area contributed by atoms with Gasteiger partial charge in [-0.15, -0.1) is 0 Å². The maximum Gasteiger partial charge on any atom is 0.0771 e. The van der Waals surface area contributed by atoms with Gasteiger partial charge in [0.1, 0.15) is 0 Å². The fourth-order valence-corrected chi connectivity index (χ4v) is 4.65. The molecule has 0 saturated heterocycles. The van der Waals surface area contributed by atoms with E-state index in [1.54, 1.807) is 0 Å². The first kappa shape index (κ1) is 23.0. The van der Waals surface area contributed by atoms with Crippen LogP contribution in [0, 0.1) is 24.4 Å². The van der Waals surface area contributed by atoms with Crippen LogP contribution in [0.2, 0.25) is 0 Å². The van der Waals surface area contributed by atoms with E-state index in [0.717, 1.165) is 31.1 Å². The summed E-state index contributed by atoms with van der Waals surface area (Å²) in [6.45, 7) is 7.47. The molecule has 0 amide bonds. The van der Waals surface area contributed by atoms with Crippen molar-refractivity contribution in [3.8, 4) is 0 Å². The first-order valence-corrected chi connectivity index (χ1v) is 9.67. The maximum absolute atomic E-state index is 9.64. The monoisotopic (exact) mass is 414 g/mol. The van der Waals surface area contributed by atoms with E-state index in [1.165, 1.54) is 38.5 Å². The van der Waals surface area contributed by atoms with Crippen LogP contribution in [0.25, 0.3) is 0 Å². The predicted octanol–water partition coefficient (Wildman–Crippen LogP) is 4.72. The molecular weight excluding hydrogens is 377 g/mol. The smallest absolute Gasteiger partial charge is 0.0771 e. The third-order valence-electron chi connectivity index (χ3n) is 6.68. The van der Waals surface area contributed by atoms with Crippen LogP contribution >= 0.6 is 0 Å². The van der Waals surface area contributed by atoms with E-state index in [2.05, 4.69) is 21.0 Å². The van der Waals surface area contributed by atoms with Gasteiger partial charge in [0.2, 0.25) is 0 Å². The van der Waals surface area contributed by atoms with Crippen molar-refractivity contribution in [1.29, 1.82) is 0 Å². The fourth-order valence-electron chi connectivity index (χ4n) is 4.65. The van der Waals surface area contributed by atoms with Gasteiger partial charge in [-0.2, -0.15) is 0 Å².